The summed E-state index contributed by atoms with van der Waals surface area (Å²) in [5.74, 6) is -0.153. The Hall–Kier alpha value is -0.570. The fourth-order valence-corrected chi connectivity index (χ4v) is 0.722. The Bertz CT molecular complexity index is 111. The summed E-state index contributed by atoms with van der Waals surface area (Å²) in [6.07, 6.45) is 0.324. The maximum atomic E-state index is 10.6. The summed E-state index contributed by atoms with van der Waals surface area (Å²) in [6.45, 7) is 2.86. The summed E-state index contributed by atoms with van der Waals surface area (Å²) in [6, 6.07) is 0. The zero-order valence-electron chi connectivity index (χ0n) is 5.42. The van der Waals surface area contributed by atoms with Crippen LogP contribution < -0.4 is 0 Å². The van der Waals surface area contributed by atoms with Gasteiger partial charge < -0.3 is 9.47 Å². The van der Waals surface area contributed by atoms with E-state index in [9.17, 15) is 4.79 Å². The van der Waals surface area contributed by atoms with E-state index in [1.54, 1.807) is 0 Å². The van der Waals surface area contributed by atoms with Gasteiger partial charge in [-0.3, -0.25) is 4.79 Å². The molecule has 0 N–H and O–H groups in total. The highest BCUT2D eigenvalue weighted by Crippen LogP contribution is 2.01. The van der Waals surface area contributed by atoms with Gasteiger partial charge in [0.25, 0.3) is 0 Å². The van der Waals surface area contributed by atoms with Gasteiger partial charge in [0.2, 0.25) is 0 Å². The highest BCUT2D eigenvalue weighted by Gasteiger charge is 2.13. The van der Waals surface area contributed by atoms with Crippen LogP contribution in [-0.2, 0) is 14.3 Å². The zero-order chi connectivity index (χ0) is 6.69. The Morgan fingerprint density at radius 1 is 1.67 bits per heavy atom. The number of esters is 1. The molecule has 1 rings (SSSR count). The molecule has 0 radical (unpaired) electrons. The summed E-state index contributed by atoms with van der Waals surface area (Å²) in [5.41, 5.74) is 0. The van der Waals surface area contributed by atoms with Crippen molar-refractivity contribution in [3.05, 3.63) is 0 Å². The van der Waals surface area contributed by atoms with Crippen molar-refractivity contribution in [3.8, 4) is 0 Å². The summed E-state index contributed by atoms with van der Waals surface area (Å²) in [5, 5.41) is 0. The van der Waals surface area contributed by atoms with Crippen molar-refractivity contribution in [1.29, 1.82) is 0 Å². The molecule has 9 heavy (non-hydrogen) atoms. The van der Waals surface area contributed by atoms with Gasteiger partial charge in [0.15, 0.2) is 0 Å². The van der Waals surface area contributed by atoms with E-state index in [1.807, 2.05) is 6.92 Å². The number of hydrogen-bond acceptors (Lipinski definition) is 3. The lowest BCUT2D eigenvalue weighted by atomic mass is 10.4. The minimum Gasteiger partial charge on any atom is -0.460 e. The second kappa shape index (κ2) is 2.82. The fraction of sp³-hybridized carbons (Fsp3) is 0.833. The summed E-state index contributed by atoms with van der Waals surface area (Å²) in [4.78, 5) is 10.6. The van der Waals surface area contributed by atoms with Crippen LogP contribution in [0, 0.1) is 0 Å². The van der Waals surface area contributed by atoms with Gasteiger partial charge in [0.05, 0.1) is 19.6 Å². The molecule has 0 amide bonds. The number of cyclic esters (lactones) is 1. The lowest BCUT2D eigenvalue weighted by Gasteiger charge is -2.05. The molecule has 0 aliphatic carbocycles. The van der Waals surface area contributed by atoms with E-state index in [2.05, 4.69) is 0 Å². The standard InChI is InChI=1S/C6H10O3/c1-5-4-8-3-2-6(7)9-5/h5H,2-4H2,1H3. The minimum absolute atomic E-state index is 0.0694. The Kier molecular flexibility index (Phi) is 2.05. The van der Waals surface area contributed by atoms with E-state index < -0.39 is 0 Å². The second-order valence-electron chi connectivity index (χ2n) is 2.13. The van der Waals surface area contributed by atoms with Crippen LogP contribution in [0.5, 0.6) is 0 Å². The molecule has 1 unspecified atom stereocenters. The lowest BCUT2D eigenvalue weighted by Crippen LogP contribution is -2.14. The third-order valence-electron chi connectivity index (χ3n) is 1.14. The number of carbonyl (C=O) groups is 1. The predicted octanol–water partition coefficient (Wildman–Crippen LogP) is 0.338. The van der Waals surface area contributed by atoms with Crippen molar-refractivity contribution in [3.63, 3.8) is 0 Å². The third kappa shape index (κ3) is 2.01. The van der Waals surface area contributed by atoms with Gasteiger partial charge in [-0.2, -0.15) is 0 Å². The smallest absolute Gasteiger partial charge is 0.308 e. The maximum absolute atomic E-state index is 10.6. The highest BCUT2D eigenvalue weighted by molar-refractivity contribution is 5.69. The van der Waals surface area contributed by atoms with Gasteiger partial charge in [-0.25, -0.2) is 0 Å². The fourth-order valence-electron chi connectivity index (χ4n) is 0.722. The van der Waals surface area contributed by atoms with Crippen molar-refractivity contribution in [2.45, 2.75) is 19.4 Å². The van der Waals surface area contributed by atoms with Crippen LogP contribution in [0.4, 0.5) is 0 Å². The lowest BCUT2D eigenvalue weighted by molar-refractivity contribution is -0.146. The molecule has 3 nitrogen and oxygen atoms in total. The zero-order valence-corrected chi connectivity index (χ0v) is 5.42. The van der Waals surface area contributed by atoms with Crippen molar-refractivity contribution >= 4 is 5.97 Å². The van der Waals surface area contributed by atoms with Crippen molar-refractivity contribution in [2.75, 3.05) is 13.2 Å². The number of carbonyl (C=O) groups excluding carboxylic acids is 1. The molecule has 1 atom stereocenters. The van der Waals surface area contributed by atoms with Gasteiger partial charge in [-0.1, -0.05) is 0 Å². The Labute approximate surface area is 53.9 Å². The Morgan fingerprint density at radius 3 is 3.22 bits per heavy atom. The highest BCUT2D eigenvalue weighted by atomic mass is 16.6. The van der Waals surface area contributed by atoms with E-state index in [0.29, 0.717) is 19.6 Å². The van der Waals surface area contributed by atoms with Crippen LogP contribution in [0.2, 0.25) is 0 Å². The van der Waals surface area contributed by atoms with Crippen LogP contribution in [0.3, 0.4) is 0 Å². The molecule has 0 aromatic carbocycles. The van der Waals surface area contributed by atoms with Gasteiger partial charge in [0, 0.05) is 0 Å². The molecule has 1 aliphatic rings. The molecule has 0 spiro atoms. The van der Waals surface area contributed by atoms with Crippen LogP contribution in [0.1, 0.15) is 13.3 Å². The van der Waals surface area contributed by atoms with Gasteiger partial charge in [-0.15, -0.1) is 0 Å². The van der Waals surface area contributed by atoms with Crippen LogP contribution in [0.15, 0.2) is 0 Å². The first-order valence-corrected chi connectivity index (χ1v) is 3.06. The van der Waals surface area contributed by atoms with E-state index in [4.69, 9.17) is 9.47 Å². The van der Waals surface area contributed by atoms with Gasteiger partial charge in [-0.05, 0) is 6.92 Å². The molecule has 1 aliphatic heterocycles. The normalized spacial score (nSPS) is 29.0. The summed E-state index contributed by atoms with van der Waals surface area (Å²) < 4.78 is 9.88. The molecule has 1 fully saturated rings. The average molecular weight is 130 g/mol. The van der Waals surface area contributed by atoms with Crippen LogP contribution in [0.25, 0.3) is 0 Å². The van der Waals surface area contributed by atoms with Gasteiger partial charge in [0.1, 0.15) is 6.10 Å². The maximum Gasteiger partial charge on any atom is 0.308 e. The predicted molar refractivity (Wildman–Crippen MR) is 31.0 cm³/mol. The monoisotopic (exact) mass is 130 g/mol. The number of ether oxygens (including phenoxy) is 2. The largest absolute Gasteiger partial charge is 0.460 e. The topological polar surface area (TPSA) is 35.5 Å². The minimum atomic E-state index is -0.153. The molecule has 0 aromatic rings. The summed E-state index contributed by atoms with van der Waals surface area (Å²) >= 11 is 0. The first-order chi connectivity index (χ1) is 4.29. The molecule has 3 heteroatoms. The molecule has 0 saturated carbocycles. The first kappa shape index (κ1) is 6.55. The van der Waals surface area contributed by atoms with Crippen molar-refractivity contribution in [2.24, 2.45) is 0 Å². The first-order valence-electron chi connectivity index (χ1n) is 3.06. The summed E-state index contributed by atoms with van der Waals surface area (Å²) in [7, 11) is 0. The van der Waals surface area contributed by atoms with Crippen LogP contribution in [-0.4, -0.2) is 25.3 Å². The molecular formula is C6H10O3. The quantitative estimate of drug-likeness (QED) is 0.443. The molecule has 52 valence electrons. The van der Waals surface area contributed by atoms with Crippen LogP contribution >= 0.6 is 0 Å². The van der Waals surface area contributed by atoms with Crippen molar-refractivity contribution in [1.82, 2.24) is 0 Å². The van der Waals surface area contributed by atoms with E-state index >= 15 is 0 Å². The average Bonchev–Trinajstić information content (AvgIpc) is 1.93. The third-order valence-corrected chi connectivity index (χ3v) is 1.14. The molecular weight excluding hydrogens is 120 g/mol. The van der Waals surface area contributed by atoms with E-state index in [1.165, 1.54) is 0 Å². The number of rotatable bonds is 0. The number of hydrogen-bond donors (Lipinski definition) is 0. The second-order valence-corrected chi connectivity index (χ2v) is 2.13. The SMILES string of the molecule is CC1COCCC(=O)O1. The van der Waals surface area contributed by atoms with Gasteiger partial charge >= 0.3 is 5.97 Å². The van der Waals surface area contributed by atoms with E-state index in [0.717, 1.165) is 0 Å². The molecule has 1 heterocycles. The molecule has 0 aromatic heterocycles. The Balaban J connectivity index is 2.37. The van der Waals surface area contributed by atoms with Crippen molar-refractivity contribution < 1.29 is 14.3 Å². The Morgan fingerprint density at radius 2 is 2.44 bits per heavy atom. The molecule has 1 saturated heterocycles. The van der Waals surface area contributed by atoms with E-state index in [-0.39, 0.29) is 12.1 Å². The molecule has 0 bridgehead atoms.